The predicted octanol–water partition coefficient (Wildman–Crippen LogP) is 3.31. The van der Waals surface area contributed by atoms with Gasteiger partial charge >= 0.3 is 6.18 Å². The van der Waals surface area contributed by atoms with Crippen molar-refractivity contribution >= 4 is 5.69 Å². The summed E-state index contributed by atoms with van der Waals surface area (Å²) in [5.74, 6) is 0. The number of anilines is 1. The number of rotatable bonds is 3. The average Bonchev–Trinajstić information content (AvgIpc) is 2.78. The fourth-order valence-corrected chi connectivity index (χ4v) is 1.30. The molecular weight excluding hydrogens is 233 g/mol. The number of benzene rings is 1. The van der Waals surface area contributed by atoms with Crippen molar-refractivity contribution in [3.63, 3.8) is 0 Å². The highest BCUT2D eigenvalue weighted by Crippen LogP contribution is 2.29. The molecule has 0 fully saturated rings. The van der Waals surface area contributed by atoms with Crippen molar-refractivity contribution in [3.05, 3.63) is 47.9 Å². The van der Waals surface area contributed by atoms with E-state index in [0.29, 0.717) is 12.2 Å². The Morgan fingerprint density at radius 3 is 2.41 bits per heavy atom. The Morgan fingerprint density at radius 2 is 1.88 bits per heavy atom. The average molecular weight is 242 g/mol. The van der Waals surface area contributed by atoms with E-state index in [4.69, 9.17) is 0 Å². The fourth-order valence-electron chi connectivity index (χ4n) is 1.30. The van der Waals surface area contributed by atoms with Crippen LogP contribution in [0.4, 0.5) is 18.9 Å². The van der Waals surface area contributed by atoms with Crippen LogP contribution >= 0.6 is 0 Å². The van der Waals surface area contributed by atoms with Crippen LogP contribution in [0.15, 0.2) is 41.2 Å². The van der Waals surface area contributed by atoms with Gasteiger partial charge in [-0.2, -0.15) is 13.2 Å². The SMILES string of the molecule is FC(F)(F)c1ccc(NCc2cnoc2)cc1. The molecule has 0 aliphatic heterocycles. The molecule has 0 atom stereocenters. The molecule has 0 spiro atoms. The topological polar surface area (TPSA) is 38.1 Å². The third-order valence-corrected chi connectivity index (χ3v) is 2.19. The number of halogens is 3. The molecule has 1 aromatic carbocycles. The molecule has 0 amide bonds. The summed E-state index contributed by atoms with van der Waals surface area (Å²) in [5.41, 5.74) is 0.775. The lowest BCUT2D eigenvalue weighted by atomic mass is 10.2. The van der Waals surface area contributed by atoms with Gasteiger partial charge in [-0.1, -0.05) is 5.16 Å². The van der Waals surface area contributed by atoms with Crippen LogP contribution in [0.3, 0.4) is 0 Å². The Morgan fingerprint density at radius 1 is 1.18 bits per heavy atom. The number of hydrogen-bond donors (Lipinski definition) is 1. The van der Waals surface area contributed by atoms with Crippen molar-refractivity contribution in [2.75, 3.05) is 5.32 Å². The summed E-state index contributed by atoms with van der Waals surface area (Å²) >= 11 is 0. The van der Waals surface area contributed by atoms with Crippen LogP contribution in [0.2, 0.25) is 0 Å². The maximum atomic E-state index is 12.3. The van der Waals surface area contributed by atoms with Gasteiger partial charge in [0.25, 0.3) is 0 Å². The highest BCUT2D eigenvalue weighted by atomic mass is 19.4. The van der Waals surface area contributed by atoms with E-state index in [1.54, 1.807) is 0 Å². The van der Waals surface area contributed by atoms with Gasteiger partial charge in [-0.3, -0.25) is 0 Å². The molecule has 0 aliphatic carbocycles. The quantitative estimate of drug-likeness (QED) is 0.897. The summed E-state index contributed by atoms with van der Waals surface area (Å²) in [4.78, 5) is 0. The Hall–Kier alpha value is -1.98. The van der Waals surface area contributed by atoms with E-state index in [0.717, 1.165) is 17.7 Å². The Labute approximate surface area is 95.2 Å². The van der Waals surface area contributed by atoms with E-state index in [9.17, 15) is 13.2 Å². The van der Waals surface area contributed by atoms with Gasteiger partial charge in [0.15, 0.2) is 0 Å². The third-order valence-electron chi connectivity index (χ3n) is 2.19. The van der Waals surface area contributed by atoms with E-state index in [-0.39, 0.29) is 0 Å². The predicted molar refractivity (Wildman–Crippen MR) is 55.3 cm³/mol. The minimum absolute atomic E-state index is 0.453. The zero-order chi connectivity index (χ0) is 12.3. The number of aromatic nitrogens is 1. The zero-order valence-electron chi connectivity index (χ0n) is 8.66. The van der Waals surface area contributed by atoms with Crippen LogP contribution in [0.1, 0.15) is 11.1 Å². The molecule has 0 bridgehead atoms. The Kier molecular flexibility index (Phi) is 3.03. The standard InChI is InChI=1S/C11H9F3N2O/c12-11(13,14)9-1-3-10(4-2-9)15-5-8-6-16-17-7-8/h1-4,6-7,15H,5H2. The summed E-state index contributed by atoms with van der Waals surface area (Å²) in [6.07, 6.45) is -1.29. The molecule has 1 aromatic heterocycles. The van der Waals surface area contributed by atoms with Crippen LogP contribution in [0.25, 0.3) is 0 Å². The van der Waals surface area contributed by atoms with Gasteiger partial charge in [-0.15, -0.1) is 0 Å². The molecule has 3 nitrogen and oxygen atoms in total. The van der Waals surface area contributed by atoms with Crippen molar-refractivity contribution in [2.45, 2.75) is 12.7 Å². The first kappa shape index (κ1) is 11.5. The van der Waals surface area contributed by atoms with Crippen LogP contribution < -0.4 is 5.32 Å². The van der Waals surface area contributed by atoms with Gasteiger partial charge in [0, 0.05) is 17.8 Å². The van der Waals surface area contributed by atoms with Gasteiger partial charge in [0.2, 0.25) is 0 Å². The zero-order valence-corrected chi connectivity index (χ0v) is 8.66. The molecule has 17 heavy (non-hydrogen) atoms. The Bertz CT molecular complexity index is 462. The van der Waals surface area contributed by atoms with E-state index in [1.807, 2.05) is 0 Å². The van der Waals surface area contributed by atoms with Crippen molar-refractivity contribution in [1.82, 2.24) is 5.16 Å². The fraction of sp³-hybridized carbons (Fsp3) is 0.182. The second-order valence-electron chi connectivity index (χ2n) is 3.46. The smallest absolute Gasteiger partial charge is 0.381 e. The largest absolute Gasteiger partial charge is 0.416 e. The summed E-state index contributed by atoms with van der Waals surface area (Å²) in [6, 6.07) is 4.85. The normalized spacial score (nSPS) is 11.5. The molecule has 0 saturated carbocycles. The maximum absolute atomic E-state index is 12.3. The maximum Gasteiger partial charge on any atom is 0.416 e. The van der Waals surface area contributed by atoms with Gasteiger partial charge < -0.3 is 9.84 Å². The summed E-state index contributed by atoms with van der Waals surface area (Å²) in [6.45, 7) is 0.453. The van der Waals surface area contributed by atoms with Crippen LogP contribution in [0, 0.1) is 0 Å². The molecular formula is C11H9F3N2O. The lowest BCUT2D eigenvalue weighted by Crippen LogP contribution is -2.05. The molecule has 90 valence electrons. The van der Waals surface area contributed by atoms with Crippen molar-refractivity contribution in [3.8, 4) is 0 Å². The van der Waals surface area contributed by atoms with E-state index < -0.39 is 11.7 Å². The first-order valence-electron chi connectivity index (χ1n) is 4.85. The van der Waals surface area contributed by atoms with Gasteiger partial charge in [-0.25, -0.2) is 0 Å². The Balaban J connectivity index is 1.99. The molecule has 0 unspecified atom stereocenters. The third kappa shape index (κ3) is 2.99. The van der Waals surface area contributed by atoms with Crippen LogP contribution in [-0.2, 0) is 12.7 Å². The number of nitrogens with one attached hydrogen (secondary N) is 1. The highest BCUT2D eigenvalue weighted by Gasteiger charge is 2.29. The van der Waals surface area contributed by atoms with Gasteiger partial charge in [0.1, 0.15) is 6.26 Å². The summed E-state index contributed by atoms with van der Waals surface area (Å²) in [5, 5.41) is 6.48. The molecule has 6 heteroatoms. The lowest BCUT2D eigenvalue weighted by Gasteiger charge is -2.08. The van der Waals surface area contributed by atoms with E-state index in [1.165, 1.54) is 24.6 Å². The highest BCUT2D eigenvalue weighted by molar-refractivity contribution is 5.45. The number of alkyl halides is 3. The number of nitrogens with zero attached hydrogens (tertiary/aromatic N) is 1. The lowest BCUT2D eigenvalue weighted by molar-refractivity contribution is -0.137. The molecule has 1 N–H and O–H groups in total. The summed E-state index contributed by atoms with van der Waals surface area (Å²) < 4.78 is 41.5. The second-order valence-corrected chi connectivity index (χ2v) is 3.46. The summed E-state index contributed by atoms with van der Waals surface area (Å²) in [7, 11) is 0. The second kappa shape index (κ2) is 4.48. The monoisotopic (exact) mass is 242 g/mol. The molecule has 0 aliphatic rings. The van der Waals surface area contributed by atoms with E-state index in [2.05, 4.69) is 15.0 Å². The minimum atomic E-state index is -4.30. The number of hydrogen-bond acceptors (Lipinski definition) is 3. The van der Waals surface area contributed by atoms with E-state index >= 15 is 0 Å². The molecule has 0 radical (unpaired) electrons. The first-order chi connectivity index (χ1) is 8.05. The molecule has 2 rings (SSSR count). The van der Waals surface area contributed by atoms with Crippen molar-refractivity contribution in [2.24, 2.45) is 0 Å². The molecule has 1 heterocycles. The minimum Gasteiger partial charge on any atom is -0.381 e. The van der Waals surface area contributed by atoms with Gasteiger partial charge in [0.05, 0.1) is 11.8 Å². The first-order valence-corrected chi connectivity index (χ1v) is 4.85. The van der Waals surface area contributed by atoms with Crippen LogP contribution in [-0.4, -0.2) is 5.16 Å². The molecule has 0 saturated heterocycles. The van der Waals surface area contributed by atoms with Crippen molar-refractivity contribution in [1.29, 1.82) is 0 Å². The van der Waals surface area contributed by atoms with Crippen molar-refractivity contribution < 1.29 is 17.7 Å². The molecule has 2 aromatic rings. The van der Waals surface area contributed by atoms with Gasteiger partial charge in [-0.05, 0) is 24.3 Å². The van der Waals surface area contributed by atoms with Crippen LogP contribution in [0.5, 0.6) is 0 Å².